The first kappa shape index (κ1) is 17.1. The summed E-state index contributed by atoms with van der Waals surface area (Å²) >= 11 is 0. The number of unbranched alkanes of at least 4 members (excludes halogenated alkanes) is 1. The molecule has 0 unspecified atom stereocenters. The van der Waals surface area contributed by atoms with Gasteiger partial charge in [-0.25, -0.2) is 0 Å². The van der Waals surface area contributed by atoms with Crippen molar-refractivity contribution in [1.82, 2.24) is 15.5 Å². The van der Waals surface area contributed by atoms with Gasteiger partial charge in [-0.05, 0) is 69.2 Å². The molecule has 0 radical (unpaired) electrons. The number of hydrogen-bond acceptors (Lipinski definition) is 3. The van der Waals surface area contributed by atoms with Crippen molar-refractivity contribution >= 4 is 0 Å². The van der Waals surface area contributed by atoms with Crippen LogP contribution in [-0.2, 0) is 0 Å². The molecule has 0 aliphatic heterocycles. The average molecular weight is 323 g/mol. The number of nitrogens with one attached hydrogen (secondary N) is 1. The molecule has 1 aromatic heterocycles. The maximum Gasteiger partial charge on any atom is 0.0929 e. The molecule has 1 aliphatic carbocycles. The van der Waals surface area contributed by atoms with Crippen LogP contribution in [0.15, 0.2) is 36.4 Å². The Bertz CT molecular complexity index is 611. The van der Waals surface area contributed by atoms with Crippen molar-refractivity contribution < 1.29 is 0 Å². The van der Waals surface area contributed by atoms with E-state index in [2.05, 4.69) is 46.7 Å². The molecule has 0 saturated heterocycles. The number of aromatic nitrogens is 2. The maximum absolute atomic E-state index is 4.28. The van der Waals surface area contributed by atoms with Gasteiger partial charge >= 0.3 is 0 Å². The highest BCUT2D eigenvalue weighted by atomic mass is 15.1. The minimum absolute atomic E-state index is 0.715. The van der Waals surface area contributed by atoms with Gasteiger partial charge in [-0.1, -0.05) is 37.6 Å². The molecule has 0 atom stereocenters. The van der Waals surface area contributed by atoms with Crippen molar-refractivity contribution in [1.29, 1.82) is 0 Å². The quantitative estimate of drug-likeness (QED) is 0.771. The fourth-order valence-electron chi connectivity index (χ4n) is 3.59. The van der Waals surface area contributed by atoms with Crippen molar-refractivity contribution in [2.75, 3.05) is 6.54 Å². The summed E-state index contributed by atoms with van der Waals surface area (Å²) in [6.07, 6.45) is 7.78. The summed E-state index contributed by atoms with van der Waals surface area (Å²) in [4.78, 5) is 0. The van der Waals surface area contributed by atoms with Gasteiger partial charge in [0.1, 0.15) is 0 Å². The van der Waals surface area contributed by atoms with E-state index < -0.39 is 0 Å². The summed E-state index contributed by atoms with van der Waals surface area (Å²) in [5, 5.41) is 12.1. The van der Waals surface area contributed by atoms with Crippen LogP contribution < -0.4 is 5.32 Å². The third-order valence-corrected chi connectivity index (χ3v) is 5.17. The van der Waals surface area contributed by atoms with Gasteiger partial charge in [-0.3, -0.25) is 0 Å². The Kier molecular flexibility index (Phi) is 5.97. The van der Waals surface area contributed by atoms with E-state index in [1.165, 1.54) is 50.6 Å². The molecule has 3 heteroatoms. The zero-order valence-corrected chi connectivity index (χ0v) is 15.0. The molecule has 2 aromatic rings. The van der Waals surface area contributed by atoms with Crippen LogP contribution in [0.2, 0.25) is 0 Å². The Balaban J connectivity index is 1.56. The van der Waals surface area contributed by atoms with Gasteiger partial charge in [0.2, 0.25) is 0 Å². The van der Waals surface area contributed by atoms with Gasteiger partial charge in [0.15, 0.2) is 0 Å². The molecule has 0 bridgehead atoms. The normalized spacial score (nSPS) is 20.9. The Morgan fingerprint density at radius 3 is 2.33 bits per heavy atom. The summed E-state index contributed by atoms with van der Waals surface area (Å²) in [6, 6.07) is 13.8. The van der Waals surface area contributed by atoms with E-state index >= 15 is 0 Å². The lowest BCUT2D eigenvalue weighted by atomic mass is 9.81. The maximum atomic E-state index is 4.28. The van der Waals surface area contributed by atoms with Crippen molar-refractivity contribution in [2.24, 2.45) is 0 Å². The monoisotopic (exact) mass is 323 g/mol. The third-order valence-electron chi connectivity index (χ3n) is 5.17. The molecule has 128 valence electrons. The van der Waals surface area contributed by atoms with Crippen LogP contribution in [-0.4, -0.2) is 22.8 Å². The van der Waals surface area contributed by atoms with Crippen LogP contribution in [0.5, 0.6) is 0 Å². The van der Waals surface area contributed by atoms with Crippen LogP contribution in [0.25, 0.3) is 11.3 Å². The van der Waals surface area contributed by atoms with Crippen LogP contribution in [0.3, 0.4) is 0 Å². The molecule has 3 rings (SSSR count). The van der Waals surface area contributed by atoms with Gasteiger partial charge in [-0.15, -0.1) is 0 Å². The number of hydrogen-bond donors (Lipinski definition) is 1. The molecule has 1 aromatic carbocycles. The predicted molar refractivity (Wildman–Crippen MR) is 100 cm³/mol. The van der Waals surface area contributed by atoms with E-state index in [9.17, 15) is 0 Å². The highest BCUT2D eigenvalue weighted by Crippen LogP contribution is 2.33. The Labute approximate surface area is 145 Å². The zero-order chi connectivity index (χ0) is 16.8. The largest absolute Gasteiger partial charge is 0.314 e. The molecule has 3 nitrogen and oxygen atoms in total. The van der Waals surface area contributed by atoms with Gasteiger partial charge < -0.3 is 5.32 Å². The van der Waals surface area contributed by atoms with E-state index in [1.54, 1.807) is 0 Å². The van der Waals surface area contributed by atoms with Gasteiger partial charge in [0.25, 0.3) is 0 Å². The summed E-state index contributed by atoms with van der Waals surface area (Å²) in [5.74, 6) is 0.715. The van der Waals surface area contributed by atoms with Crippen molar-refractivity contribution in [3.05, 3.63) is 47.7 Å². The molecular weight excluding hydrogens is 294 g/mol. The molecular formula is C21H29N3. The first-order chi connectivity index (χ1) is 11.8. The Hall–Kier alpha value is -1.74. The number of rotatable bonds is 6. The fraction of sp³-hybridized carbons (Fsp3) is 0.524. The van der Waals surface area contributed by atoms with Gasteiger partial charge in [-0.2, -0.15) is 10.2 Å². The van der Waals surface area contributed by atoms with E-state index in [4.69, 9.17) is 0 Å². The van der Waals surface area contributed by atoms with Crippen LogP contribution in [0.4, 0.5) is 0 Å². The second-order valence-corrected chi connectivity index (χ2v) is 7.04. The molecule has 1 heterocycles. The highest BCUT2D eigenvalue weighted by molar-refractivity contribution is 5.58. The van der Waals surface area contributed by atoms with E-state index in [0.29, 0.717) is 5.92 Å². The van der Waals surface area contributed by atoms with Crippen molar-refractivity contribution in [3.8, 4) is 11.3 Å². The summed E-state index contributed by atoms with van der Waals surface area (Å²) in [7, 11) is 0. The molecule has 0 spiro atoms. The molecule has 24 heavy (non-hydrogen) atoms. The van der Waals surface area contributed by atoms with E-state index in [1.807, 2.05) is 19.1 Å². The van der Waals surface area contributed by atoms with Crippen LogP contribution in [0.1, 0.15) is 62.6 Å². The van der Waals surface area contributed by atoms with Crippen LogP contribution in [0, 0.1) is 6.92 Å². The summed E-state index contributed by atoms with van der Waals surface area (Å²) in [5.41, 5.74) is 4.54. The lowest BCUT2D eigenvalue weighted by Crippen LogP contribution is -2.33. The van der Waals surface area contributed by atoms with E-state index in [0.717, 1.165) is 23.0 Å². The van der Waals surface area contributed by atoms with Gasteiger partial charge in [0, 0.05) is 11.6 Å². The first-order valence-corrected chi connectivity index (χ1v) is 9.40. The standard InChI is InChI=1S/C21H29N3/c1-3-4-15-22-20-12-10-18(11-13-20)17-6-8-19(9-7-17)21-14-5-16(2)23-24-21/h5-9,14,18,20,22H,3-4,10-13,15H2,1-2H3. The second-order valence-electron chi connectivity index (χ2n) is 7.04. The topological polar surface area (TPSA) is 37.8 Å². The highest BCUT2D eigenvalue weighted by Gasteiger charge is 2.21. The molecule has 1 N–H and O–H groups in total. The fourth-order valence-corrected chi connectivity index (χ4v) is 3.59. The van der Waals surface area contributed by atoms with Crippen molar-refractivity contribution in [3.63, 3.8) is 0 Å². The smallest absolute Gasteiger partial charge is 0.0929 e. The summed E-state index contributed by atoms with van der Waals surface area (Å²) < 4.78 is 0. The molecule has 1 fully saturated rings. The molecule has 0 amide bonds. The zero-order valence-electron chi connectivity index (χ0n) is 15.0. The van der Waals surface area contributed by atoms with E-state index in [-0.39, 0.29) is 0 Å². The Morgan fingerprint density at radius 2 is 1.71 bits per heavy atom. The van der Waals surface area contributed by atoms with Crippen LogP contribution >= 0.6 is 0 Å². The summed E-state index contributed by atoms with van der Waals surface area (Å²) in [6.45, 7) is 5.40. The van der Waals surface area contributed by atoms with Gasteiger partial charge in [0.05, 0.1) is 11.4 Å². The molecule has 1 saturated carbocycles. The van der Waals surface area contributed by atoms with Crippen molar-refractivity contribution in [2.45, 2.75) is 64.3 Å². The molecule has 1 aliphatic rings. The number of nitrogens with zero attached hydrogens (tertiary/aromatic N) is 2. The lowest BCUT2D eigenvalue weighted by Gasteiger charge is -2.29. The number of benzene rings is 1. The second kappa shape index (κ2) is 8.39. The lowest BCUT2D eigenvalue weighted by molar-refractivity contribution is 0.342. The SMILES string of the molecule is CCCCNC1CCC(c2ccc(-c3ccc(C)nn3)cc2)CC1. The minimum Gasteiger partial charge on any atom is -0.314 e. The average Bonchev–Trinajstić information content (AvgIpc) is 2.63. The minimum atomic E-state index is 0.715. The first-order valence-electron chi connectivity index (χ1n) is 9.40. The number of aryl methyl sites for hydroxylation is 1. The Morgan fingerprint density at radius 1 is 0.958 bits per heavy atom. The third kappa shape index (κ3) is 4.41. The predicted octanol–water partition coefficient (Wildman–Crippen LogP) is 4.87.